The van der Waals surface area contributed by atoms with Crippen molar-refractivity contribution >= 4 is 0 Å². The van der Waals surface area contributed by atoms with E-state index in [1.165, 1.54) is 0 Å². The molecule has 1 aromatic heterocycles. The quantitative estimate of drug-likeness (QED) is 0.428. The second-order valence-electron chi connectivity index (χ2n) is 8.15. The van der Waals surface area contributed by atoms with Gasteiger partial charge in [-0.15, -0.1) is 0 Å². The molecule has 0 bridgehead atoms. The van der Waals surface area contributed by atoms with Crippen molar-refractivity contribution in [1.82, 2.24) is 14.0 Å². The van der Waals surface area contributed by atoms with Crippen LogP contribution in [0.1, 0.15) is 12.8 Å². The van der Waals surface area contributed by atoms with Gasteiger partial charge in [0.25, 0.3) is 0 Å². The number of benzene rings is 2. The normalized spacial score (nSPS) is 13.2. The van der Waals surface area contributed by atoms with E-state index in [0.717, 1.165) is 54.6 Å². The number of methoxy groups -OCH3 is 1. The van der Waals surface area contributed by atoms with Crippen LogP contribution in [0.5, 0.6) is 11.5 Å². The lowest BCUT2D eigenvalue weighted by Gasteiger charge is -2.16. The second-order valence-corrected chi connectivity index (χ2v) is 8.15. The van der Waals surface area contributed by atoms with Crippen molar-refractivity contribution in [2.45, 2.75) is 12.8 Å². The predicted octanol–water partition coefficient (Wildman–Crippen LogP) is 4.20. The number of ether oxygens (including phenoxy) is 3. The molecule has 1 aliphatic rings. The molecule has 0 spiro atoms. The van der Waals surface area contributed by atoms with E-state index in [1.54, 1.807) is 28.6 Å². The van der Waals surface area contributed by atoms with Crippen LogP contribution in [-0.4, -0.2) is 54.5 Å². The molecule has 0 radical (unpaired) electrons. The maximum absolute atomic E-state index is 13.0. The van der Waals surface area contributed by atoms with Gasteiger partial charge in [0.05, 0.1) is 18.0 Å². The molecule has 0 saturated heterocycles. The highest BCUT2D eigenvalue weighted by molar-refractivity contribution is 5.41. The molecule has 0 amide bonds. The summed E-state index contributed by atoms with van der Waals surface area (Å²) in [6.07, 6.45) is 11.6. The molecule has 0 aliphatic heterocycles. The first-order valence-corrected chi connectivity index (χ1v) is 11.5. The third-order valence-corrected chi connectivity index (χ3v) is 5.65. The van der Waals surface area contributed by atoms with Gasteiger partial charge in [-0.2, -0.15) is 0 Å². The van der Waals surface area contributed by atoms with Gasteiger partial charge < -0.3 is 19.1 Å². The van der Waals surface area contributed by atoms with Crippen molar-refractivity contribution in [2.24, 2.45) is 0 Å². The Bertz CT molecular complexity index is 1170. The molecule has 34 heavy (non-hydrogen) atoms. The fraction of sp³-hybridized carbons (Fsp3) is 0.296. The minimum absolute atomic E-state index is 0.137. The summed E-state index contributed by atoms with van der Waals surface area (Å²) in [5, 5.41) is 0. The lowest BCUT2D eigenvalue weighted by Crippen LogP contribution is -2.27. The molecule has 0 atom stereocenters. The Morgan fingerprint density at radius 2 is 1.50 bits per heavy atom. The Hall–Kier alpha value is -3.55. The highest BCUT2D eigenvalue weighted by Gasteiger charge is 2.09. The molecule has 0 saturated carbocycles. The number of imidazole rings is 1. The Morgan fingerprint density at radius 3 is 2.09 bits per heavy atom. The number of hydrogen-bond donors (Lipinski definition) is 0. The number of rotatable bonds is 11. The molecule has 7 nitrogen and oxygen atoms in total. The highest BCUT2D eigenvalue weighted by Crippen LogP contribution is 2.21. The maximum Gasteiger partial charge on any atom is 0.337 e. The number of nitrogens with zero attached hydrogens (tertiary/aromatic N) is 3. The van der Waals surface area contributed by atoms with Gasteiger partial charge in [-0.3, -0.25) is 9.13 Å². The van der Waals surface area contributed by atoms with Crippen LogP contribution < -0.4 is 15.2 Å². The minimum Gasteiger partial charge on any atom is -0.492 e. The first-order chi connectivity index (χ1) is 16.6. The molecule has 7 heteroatoms. The summed E-state index contributed by atoms with van der Waals surface area (Å²) in [7, 11) is 3.74. The van der Waals surface area contributed by atoms with Gasteiger partial charge in [0.15, 0.2) is 0 Å². The Kier molecular flexibility index (Phi) is 8.01. The summed E-state index contributed by atoms with van der Waals surface area (Å²) in [5.41, 5.74) is 1.43. The zero-order valence-electron chi connectivity index (χ0n) is 19.7. The van der Waals surface area contributed by atoms with E-state index >= 15 is 0 Å². The van der Waals surface area contributed by atoms with Crippen molar-refractivity contribution in [3.63, 3.8) is 0 Å². The molecule has 3 aromatic rings. The Balaban J connectivity index is 1.38. The van der Waals surface area contributed by atoms with E-state index in [-0.39, 0.29) is 5.69 Å². The van der Waals surface area contributed by atoms with Crippen molar-refractivity contribution < 1.29 is 14.2 Å². The molecule has 178 valence electrons. The minimum atomic E-state index is -0.137. The maximum atomic E-state index is 13.0. The summed E-state index contributed by atoms with van der Waals surface area (Å²) in [6.45, 7) is 2.97. The van der Waals surface area contributed by atoms with Gasteiger partial charge >= 0.3 is 5.69 Å². The summed E-state index contributed by atoms with van der Waals surface area (Å²) in [6, 6.07) is 15.1. The van der Waals surface area contributed by atoms with Crippen LogP contribution in [0.4, 0.5) is 0 Å². The zero-order chi connectivity index (χ0) is 23.8. The van der Waals surface area contributed by atoms with Crippen molar-refractivity contribution in [3.05, 3.63) is 95.4 Å². The number of allylic oxidation sites excluding steroid dienone is 4. The van der Waals surface area contributed by atoms with Crippen molar-refractivity contribution in [1.29, 1.82) is 0 Å². The van der Waals surface area contributed by atoms with E-state index in [9.17, 15) is 4.79 Å². The van der Waals surface area contributed by atoms with E-state index in [2.05, 4.69) is 11.0 Å². The van der Waals surface area contributed by atoms with E-state index in [1.807, 2.05) is 67.7 Å². The van der Waals surface area contributed by atoms with Crippen LogP contribution in [0, 0.1) is 0 Å². The molecule has 2 aromatic carbocycles. The van der Waals surface area contributed by atoms with Crippen LogP contribution in [0.3, 0.4) is 0 Å². The molecular formula is C27H31N3O4. The summed E-state index contributed by atoms with van der Waals surface area (Å²) in [4.78, 5) is 15.2. The summed E-state index contributed by atoms with van der Waals surface area (Å²) in [5.74, 6) is 2.48. The molecule has 4 rings (SSSR count). The van der Waals surface area contributed by atoms with Crippen LogP contribution in [0.15, 0.2) is 89.7 Å². The average Bonchev–Trinajstić information content (AvgIpc) is 3.25. The van der Waals surface area contributed by atoms with Gasteiger partial charge in [-0.25, -0.2) is 4.79 Å². The zero-order valence-corrected chi connectivity index (χ0v) is 19.7. The van der Waals surface area contributed by atoms with Crippen LogP contribution in [-0.2, 0) is 4.74 Å². The smallest absolute Gasteiger partial charge is 0.337 e. The number of hydrogen-bond acceptors (Lipinski definition) is 5. The van der Waals surface area contributed by atoms with Gasteiger partial charge in [0.1, 0.15) is 23.9 Å². The summed E-state index contributed by atoms with van der Waals surface area (Å²) >= 11 is 0. The third-order valence-electron chi connectivity index (χ3n) is 5.65. The van der Waals surface area contributed by atoms with Crippen molar-refractivity contribution in [3.8, 4) is 22.9 Å². The summed E-state index contributed by atoms with van der Waals surface area (Å²) < 4.78 is 20.1. The van der Waals surface area contributed by atoms with Gasteiger partial charge in [0.2, 0.25) is 0 Å². The van der Waals surface area contributed by atoms with Crippen molar-refractivity contribution in [2.75, 3.05) is 40.5 Å². The molecule has 1 heterocycles. The number of likely N-dealkylation sites (N-methyl/N-ethyl adjacent to an activating group) is 1. The van der Waals surface area contributed by atoms with Crippen LogP contribution in [0.2, 0.25) is 0 Å². The van der Waals surface area contributed by atoms with Gasteiger partial charge in [0, 0.05) is 39.0 Å². The Morgan fingerprint density at radius 1 is 0.882 bits per heavy atom. The van der Waals surface area contributed by atoms with E-state index in [4.69, 9.17) is 14.2 Å². The molecule has 0 N–H and O–H groups in total. The topological polar surface area (TPSA) is 57.9 Å². The number of aromatic nitrogens is 2. The molecular weight excluding hydrogens is 430 g/mol. The SMILES string of the molecule is COCCN(C)CCOc1ccc(-n2ccn(-c3ccc(OC4=CC=CCC4)cc3)c2=O)cc1. The fourth-order valence-electron chi connectivity index (χ4n) is 3.64. The first kappa shape index (κ1) is 23.6. The monoisotopic (exact) mass is 461 g/mol. The molecule has 1 aliphatic carbocycles. The predicted molar refractivity (Wildman–Crippen MR) is 133 cm³/mol. The fourth-order valence-corrected chi connectivity index (χ4v) is 3.64. The largest absolute Gasteiger partial charge is 0.492 e. The average molecular weight is 462 g/mol. The van der Waals surface area contributed by atoms with Crippen LogP contribution in [0.25, 0.3) is 11.4 Å². The second kappa shape index (κ2) is 11.5. The Labute approximate surface area is 200 Å². The molecule has 0 unspecified atom stereocenters. The van der Waals surface area contributed by atoms with Crippen LogP contribution >= 0.6 is 0 Å². The van der Waals surface area contributed by atoms with E-state index in [0.29, 0.717) is 13.2 Å². The highest BCUT2D eigenvalue weighted by atomic mass is 16.5. The standard InChI is InChI=1S/C27H31N3O4/c1-28(18-20-32-2)19-21-33-24-12-8-22(9-13-24)29-16-17-30(27(29)31)23-10-14-26(15-11-23)34-25-6-4-3-5-7-25/h3-4,6,8-17H,5,7,18-21H2,1-2H3. The van der Waals surface area contributed by atoms with Gasteiger partial charge in [-0.1, -0.05) is 12.2 Å². The third kappa shape index (κ3) is 6.07. The van der Waals surface area contributed by atoms with Gasteiger partial charge in [-0.05, 0) is 68.1 Å². The first-order valence-electron chi connectivity index (χ1n) is 11.5. The van der Waals surface area contributed by atoms with E-state index < -0.39 is 0 Å². The lowest BCUT2D eigenvalue weighted by molar-refractivity contribution is 0.150. The lowest BCUT2D eigenvalue weighted by atomic mass is 10.2. The molecule has 0 fully saturated rings.